The van der Waals surface area contributed by atoms with Gasteiger partial charge < -0.3 is 24.7 Å². The molecule has 9 nitrogen and oxygen atoms in total. The topological polar surface area (TPSA) is 107 Å². The molecule has 152 valence electrons. The first-order valence-electron chi connectivity index (χ1n) is 8.87. The summed E-state index contributed by atoms with van der Waals surface area (Å²) in [4.78, 5) is 28.1. The van der Waals surface area contributed by atoms with Gasteiger partial charge in [0, 0.05) is 36.7 Å². The number of imidazole rings is 1. The third kappa shape index (κ3) is 6.82. The molecule has 0 aliphatic carbocycles. The molecular weight excluding hydrogens is 362 g/mol. The molecule has 1 atom stereocenters. The number of aromatic nitrogens is 2. The van der Waals surface area contributed by atoms with Crippen molar-refractivity contribution in [2.75, 3.05) is 17.7 Å². The number of hydrogen-bond donors (Lipinski definition) is 3. The summed E-state index contributed by atoms with van der Waals surface area (Å²) in [6.45, 7) is 7.85. The van der Waals surface area contributed by atoms with Gasteiger partial charge in [-0.1, -0.05) is 0 Å². The Morgan fingerprint density at radius 3 is 2.61 bits per heavy atom. The Morgan fingerprint density at radius 1 is 1.25 bits per heavy atom. The number of methoxy groups -OCH3 is 1. The molecule has 0 bridgehead atoms. The van der Waals surface area contributed by atoms with E-state index in [2.05, 4.69) is 20.9 Å². The molecule has 1 aromatic carbocycles. The lowest BCUT2D eigenvalue weighted by Gasteiger charge is -2.20. The van der Waals surface area contributed by atoms with Gasteiger partial charge in [-0.3, -0.25) is 5.32 Å². The van der Waals surface area contributed by atoms with Crippen molar-refractivity contribution in [1.82, 2.24) is 14.9 Å². The first kappa shape index (κ1) is 21.1. The van der Waals surface area contributed by atoms with E-state index in [0.29, 0.717) is 23.7 Å². The molecule has 1 aromatic heterocycles. The van der Waals surface area contributed by atoms with Gasteiger partial charge in [-0.25, -0.2) is 14.6 Å². The smallest absolute Gasteiger partial charge is 0.412 e. The molecule has 0 saturated heterocycles. The van der Waals surface area contributed by atoms with Crippen LogP contribution in [0.2, 0.25) is 0 Å². The summed E-state index contributed by atoms with van der Waals surface area (Å²) < 4.78 is 12.4. The number of carbonyl (C=O) groups is 2. The molecular formula is C19H27N5O4. The Kier molecular flexibility index (Phi) is 6.86. The summed E-state index contributed by atoms with van der Waals surface area (Å²) in [6.07, 6.45) is 4.62. The summed E-state index contributed by atoms with van der Waals surface area (Å²) in [5, 5.41) is 8.23. The zero-order chi connectivity index (χ0) is 20.7. The van der Waals surface area contributed by atoms with Crippen LogP contribution < -0.4 is 20.7 Å². The highest BCUT2D eigenvalue weighted by molar-refractivity contribution is 5.92. The fraction of sp³-hybridized carbons (Fsp3) is 0.421. The van der Waals surface area contributed by atoms with Gasteiger partial charge in [-0.05, 0) is 39.8 Å². The maximum absolute atomic E-state index is 12.2. The molecule has 2 rings (SSSR count). The van der Waals surface area contributed by atoms with E-state index in [1.54, 1.807) is 51.5 Å². The first-order valence-corrected chi connectivity index (χ1v) is 8.87. The fourth-order valence-corrected chi connectivity index (χ4v) is 2.43. The zero-order valence-electron chi connectivity index (χ0n) is 16.8. The average Bonchev–Trinajstić information content (AvgIpc) is 3.07. The molecule has 3 amide bonds. The lowest BCUT2D eigenvalue weighted by molar-refractivity contribution is 0.0635. The van der Waals surface area contributed by atoms with E-state index < -0.39 is 11.7 Å². The molecule has 0 saturated carbocycles. The van der Waals surface area contributed by atoms with Crippen molar-refractivity contribution < 1.29 is 19.1 Å². The molecule has 0 aliphatic rings. The van der Waals surface area contributed by atoms with E-state index in [0.717, 1.165) is 0 Å². The Balaban J connectivity index is 1.95. The van der Waals surface area contributed by atoms with E-state index in [1.807, 2.05) is 17.7 Å². The molecule has 0 radical (unpaired) electrons. The lowest BCUT2D eigenvalue weighted by Crippen LogP contribution is -2.38. The molecule has 3 N–H and O–H groups in total. The Bertz CT molecular complexity index is 799. The van der Waals surface area contributed by atoms with Gasteiger partial charge >= 0.3 is 12.1 Å². The lowest BCUT2D eigenvalue weighted by atomic mass is 10.2. The quantitative estimate of drug-likeness (QED) is 0.702. The van der Waals surface area contributed by atoms with E-state index in [9.17, 15) is 9.59 Å². The van der Waals surface area contributed by atoms with Crippen LogP contribution in [-0.2, 0) is 11.3 Å². The van der Waals surface area contributed by atoms with Crippen molar-refractivity contribution in [3.63, 3.8) is 0 Å². The van der Waals surface area contributed by atoms with Gasteiger partial charge in [0.2, 0.25) is 0 Å². The zero-order valence-corrected chi connectivity index (χ0v) is 16.8. The number of hydrogen-bond acceptors (Lipinski definition) is 5. The van der Waals surface area contributed by atoms with Gasteiger partial charge in [0.25, 0.3) is 0 Å². The van der Waals surface area contributed by atoms with E-state index in [4.69, 9.17) is 9.47 Å². The highest BCUT2D eigenvalue weighted by atomic mass is 16.6. The average molecular weight is 389 g/mol. The summed E-state index contributed by atoms with van der Waals surface area (Å²) >= 11 is 0. The minimum absolute atomic E-state index is 0.0933. The molecule has 0 spiro atoms. The van der Waals surface area contributed by atoms with Crippen molar-refractivity contribution in [1.29, 1.82) is 0 Å². The van der Waals surface area contributed by atoms with Crippen molar-refractivity contribution in [2.24, 2.45) is 0 Å². The van der Waals surface area contributed by atoms with Crippen LogP contribution in [0.25, 0.3) is 0 Å². The normalized spacial score (nSPS) is 12.0. The fourth-order valence-electron chi connectivity index (χ4n) is 2.43. The molecule has 1 heterocycles. The number of benzene rings is 1. The number of nitrogens with one attached hydrogen (secondary N) is 3. The van der Waals surface area contributed by atoms with E-state index in [1.165, 1.54) is 7.11 Å². The molecule has 9 heteroatoms. The molecule has 0 aliphatic heterocycles. The summed E-state index contributed by atoms with van der Waals surface area (Å²) in [5.74, 6) is 0.398. The first-order chi connectivity index (χ1) is 13.2. The van der Waals surface area contributed by atoms with E-state index in [-0.39, 0.29) is 12.1 Å². The van der Waals surface area contributed by atoms with Crippen LogP contribution in [0.15, 0.2) is 36.9 Å². The maximum atomic E-state index is 12.2. The van der Waals surface area contributed by atoms with Crippen LogP contribution in [0.5, 0.6) is 5.75 Å². The number of anilines is 2. The van der Waals surface area contributed by atoms with Gasteiger partial charge in [0.05, 0.1) is 19.1 Å². The second-order valence-electron chi connectivity index (χ2n) is 7.30. The molecule has 2 aromatic rings. The predicted octanol–water partition coefficient (Wildman–Crippen LogP) is 3.45. The standard InChI is InChI=1S/C19H27N5O4/c1-13(11-24-9-8-20-12-24)21-17(25)22-14-6-7-15(16(10-14)27-5)23-18(26)28-19(2,3)4/h6-10,12-13H,11H2,1-5H3,(H,23,26)(H2,21,22,25)/t13-/m0/s1. The second-order valence-corrected chi connectivity index (χ2v) is 7.30. The minimum Gasteiger partial charge on any atom is -0.494 e. The Morgan fingerprint density at radius 2 is 2.00 bits per heavy atom. The second kappa shape index (κ2) is 9.12. The highest BCUT2D eigenvalue weighted by Gasteiger charge is 2.18. The number of urea groups is 1. The number of nitrogens with zero attached hydrogens (tertiary/aromatic N) is 2. The third-order valence-corrected chi connectivity index (χ3v) is 3.52. The largest absolute Gasteiger partial charge is 0.494 e. The van der Waals surface area contributed by atoms with Crippen LogP contribution in [0.3, 0.4) is 0 Å². The van der Waals surface area contributed by atoms with Gasteiger partial charge in [0.15, 0.2) is 0 Å². The van der Waals surface area contributed by atoms with Gasteiger partial charge in [-0.2, -0.15) is 0 Å². The molecule has 28 heavy (non-hydrogen) atoms. The van der Waals surface area contributed by atoms with Crippen LogP contribution in [0, 0.1) is 0 Å². The number of ether oxygens (including phenoxy) is 2. The molecule has 0 unspecified atom stereocenters. The van der Waals surface area contributed by atoms with Crippen molar-refractivity contribution >= 4 is 23.5 Å². The van der Waals surface area contributed by atoms with Crippen LogP contribution in [0.1, 0.15) is 27.7 Å². The maximum Gasteiger partial charge on any atom is 0.412 e. The third-order valence-electron chi connectivity index (χ3n) is 3.52. The highest BCUT2D eigenvalue weighted by Crippen LogP contribution is 2.28. The number of carbonyl (C=O) groups excluding carboxylic acids is 2. The van der Waals surface area contributed by atoms with Gasteiger partial charge in [-0.15, -0.1) is 0 Å². The summed E-state index contributed by atoms with van der Waals surface area (Å²) in [7, 11) is 1.48. The van der Waals surface area contributed by atoms with Gasteiger partial charge in [0.1, 0.15) is 11.4 Å². The number of amides is 3. The van der Waals surface area contributed by atoms with Crippen LogP contribution >= 0.6 is 0 Å². The van der Waals surface area contributed by atoms with E-state index >= 15 is 0 Å². The monoisotopic (exact) mass is 389 g/mol. The molecule has 0 fully saturated rings. The number of rotatable bonds is 6. The SMILES string of the molecule is COc1cc(NC(=O)N[C@@H](C)Cn2ccnc2)ccc1NC(=O)OC(C)(C)C. The summed E-state index contributed by atoms with van der Waals surface area (Å²) in [5.41, 5.74) is 0.361. The van der Waals surface area contributed by atoms with Crippen molar-refractivity contribution in [3.05, 3.63) is 36.9 Å². The van der Waals surface area contributed by atoms with Crippen molar-refractivity contribution in [3.8, 4) is 5.75 Å². The van der Waals surface area contributed by atoms with Crippen LogP contribution in [-0.4, -0.2) is 40.4 Å². The minimum atomic E-state index is -0.607. The summed E-state index contributed by atoms with van der Waals surface area (Å²) in [6, 6.07) is 4.47. The van der Waals surface area contributed by atoms with Crippen molar-refractivity contribution in [2.45, 2.75) is 45.9 Å². The van der Waals surface area contributed by atoms with Crippen LogP contribution in [0.4, 0.5) is 21.0 Å². The predicted molar refractivity (Wildman–Crippen MR) is 107 cm³/mol. The Hall–Kier alpha value is -3.23. The Labute approximate surface area is 164 Å².